The third kappa shape index (κ3) is 5.13. The third-order valence-corrected chi connectivity index (χ3v) is 4.46. The van der Waals surface area contributed by atoms with Gasteiger partial charge in [-0.3, -0.25) is 4.79 Å². The maximum atomic E-state index is 12.5. The molecule has 0 radical (unpaired) electrons. The molecule has 1 aliphatic heterocycles. The van der Waals surface area contributed by atoms with Crippen molar-refractivity contribution in [3.8, 4) is 0 Å². The fourth-order valence-corrected chi connectivity index (χ4v) is 3.05. The Labute approximate surface area is 148 Å². The van der Waals surface area contributed by atoms with E-state index in [0.717, 1.165) is 24.9 Å². The predicted octanol–water partition coefficient (Wildman–Crippen LogP) is 2.48. The monoisotopic (exact) mass is 343 g/mol. The number of piperidine rings is 1. The summed E-state index contributed by atoms with van der Waals surface area (Å²) in [5, 5.41) is 3.86. The van der Waals surface area contributed by atoms with Crippen LogP contribution in [0.2, 0.25) is 0 Å². The van der Waals surface area contributed by atoms with Gasteiger partial charge in [-0.25, -0.2) is 0 Å². The number of rotatable bonds is 6. The first-order chi connectivity index (χ1) is 12.1. The molecule has 25 heavy (non-hydrogen) atoms. The van der Waals surface area contributed by atoms with Crippen LogP contribution in [0.25, 0.3) is 0 Å². The number of ether oxygens (including phenoxy) is 1. The lowest BCUT2D eigenvalue weighted by atomic mass is 10.1. The van der Waals surface area contributed by atoms with Gasteiger partial charge in [0.1, 0.15) is 0 Å². The molecule has 1 unspecified atom stereocenters. The van der Waals surface area contributed by atoms with Gasteiger partial charge in [-0.15, -0.1) is 0 Å². The van der Waals surface area contributed by atoms with Crippen LogP contribution in [0.4, 0.5) is 0 Å². The van der Waals surface area contributed by atoms with Crippen molar-refractivity contribution >= 4 is 5.91 Å². The van der Waals surface area contributed by atoms with Crippen LogP contribution in [0.1, 0.15) is 35.7 Å². The van der Waals surface area contributed by atoms with E-state index in [9.17, 15) is 4.79 Å². The smallest absolute Gasteiger partial charge is 0.227 e. The molecule has 0 bridgehead atoms. The molecule has 0 saturated carbocycles. The second kappa shape index (κ2) is 8.25. The van der Waals surface area contributed by atoms with Crippen LogP contribution in [0.5, 0.6) is 0 Å². The molecule has 1 atom stereocenters. The molecule has 0 aliphatic carbocycles. The van der Waals surface area contributed by atoms with Crippen LogP contribution in [0.15, 0.2) is 28.8 Å². The summed E-state index contributed by atoms with van der Waals surface area (Å²) in [4.78, 5) is 18.6. The molecule has 0 spiro atoms. The molecule has 2 heterocycles. The number of carbonyl (C=O) groups excluding carboxylic acids is 1. The van der Waals surface area contributed by atoms with Gasteiger partial charge in [-0.2, -0.15) is 4.98 Å². The minimum absolute atomic E-state index is 0.0868. The van der Waals surface area contributed by atoms with E-state index in [2.05, 4.69) is 10.1 Å². The lowest BCUT2D eigenvalue weighted by molar-refractivity contribution is -0.134. The van der Waals surface area contributed by atoms with Crippen molar-refractivity contribution in [1.82, 2.24) is 15.0 Å². The summed E-state index contributed by atoms with van der Waals surface area (Å²) < 4.78 is 10.9. The van der Waals surface area contributed by atoms with Gasteiger partial charge in [0.2, 0.25) is 11.8 Å². The molecule has 2 aromatic rings. The van der Waals surface area contributed by atoms with Gasteiger partial charge >= 0.3 is 0 Å². The highest BCUT2D eigenvalue weighted by molar-refractivity contribution is 5.78. The predicted molar refractivity (Wildman–Crippen MR) is 93.2 cm³/mol. The van der Waals surface area contributed by atoms with E-state index in [1.54, 1.807) is 6.92 Å². The Kier molecular flexibility index (Phi) is 5.81. The zero-order valence-corrected chi connectivity index (χ0v) is 14.9. The largest absolute Gasteiger partial charge is 0.376 e. The van der Waals surface area contributed by atoms with Crippen molar-refractivity contribution in [2.45, 2.75) is 45.6 Å². The molecule has 0 N–H and O–H groups in total. The van der Waals surface area contributed by atoms with E-state index in [4.69, 9.17) is 9.26 Å². The number of aryl methyl sites for hydroxylation is 2. The first-order valence-corrected chi connectivity index (χ1v) is 8.84. The molecule has 1 aromatic carbocycles. The third-order valence-electron chi connectivity index (χ3n) is 4.46. The molecule has 6 heteroatoms. The number of hydrogen-bond acceptors (Lipinski definition) is 5. The molecular formula is C19H25N3O3. The molecule has 1 amide bonds. The summed E-state index contributed by atoms with van der Waals surface area (Å²) in [6, 6.07) is 8.14. The Morgan fingerprint density at radius 3 is 2.84 bits per heavy atom. The highest BCUT2D eigenvalue weighted by atomic mass is 16.5. The van der Waals surface area contributed by atoms with Gasteiger partial charge in [-0.1, -0.05) is 35.0 Å². The van der Waals surface area contributed by atoms with E-state index < -0.39 is 0 Å². The highest BCUT2D eigenvalue weighted by Gasteiger charge is 2.24. The number of carbonyl (C=O) groups is 1. The maximum Gasteiger partial charge on any atom is 0.227 e. The fourth-order valence-electron chi connectivity index (χ4n) is 3.05. The summed E-state index contributed by atoms with van der Waals surface area (Å²) in [7, 11) is 0. The van der Waals surface area contributed by atoms with E-state index in [1.165, 1.54) is 5.56 Å². The van der Waals surface area contributed by atoms with Gasteiger partial charge < -0.3 is 14.2 Å². The average molecular weight is 343 g/mol. The quantitative estimate of drug-likeness (QED) is 0.806. The van der Waals surface area contributed by atoms with Gasteiger partial charge in [0.25, 0.3) is 0 Å². The van der Waals surface area contributed by atoms with E-state index in [1.807, 2.05) is 36.1 Å². The molecule has 1 aliphatic rings. The second-order valence-corrected chi connectivity index (χ2v) is 6.62. The van der Waals surface area contributed by atoms with Crippen LogP contribution in [-0.2, 0) is 22.4 Å². The minimum Gasteiger partial charge on any atom is -0.376 e. The Bertz CT molecular complexity index is 696. The Morgan fingerprint density at radius 2 is 2.12 bits per heavy atom. The molecule has 1 saturated heterocycles. The van der Waals surface area contributed by atoms with Crippen molar-refractivity contribution in [3.05, 3.63) is 47.1 Å². The lowest BCUT2D eigenvalue weighted by Crippen LogP contribution is -2.44. The summed E-state index contributed by atoms with van der Waals surface area (Å²) in [6.45, 7) is 5.85. The van der Waals surface area contributed by atoms with Gasteiger partial charge in [0.15, 0.2) is 5.82 Å². The highest BCUT2D eigenvalue weighted by Crippen LogP contribution is 2.15. The second-order valence-electron chi connectivity index (χ2n) is 6.62. The molecule has 1 fully saturated rings. The normalized spacial score (nSPS) is 17.7. The Balaban J connectivity index is 1.45. The zero-order valence-electron chi connectivity index (χ0n) is 14.9. The summed E-state index contributed by atoms with van der Waals surface area (Å²) in [5.41, 5.74) is 2.27. The number of benzene rings is 1. The molecule has 134 valence electrons. The minimum atomic E-state index is 0.0868. The topological polar surface area (TPSA) is 68.5 Å². The molecule has 3 rings (SSSR count). The van der Waals surface area contributed by atoms with Gasteiger partial charge in [0.05, 0.1) is 19.1 Å². The van der Waals surface area contributed by atoms with E-state index >= 15 is 0 Å². The fraction of sp³-hybridized carbons (Fsp3) is 0.526. The Hall–Kier alpha value is -2.21. The number of likely N-dealkylation sites (tertiary alicyclic amines) is 1. The van der Waals surface area contributed by atoms with Crippen LogP contribution in [0, 0.1) is 13.8 Å². The standard InChI is InChI=1S/C19H25N3O3/c1-14-5-7-16(8-6-14)12-19(23)22-10-3-4-17(13-22)24-11-9-18-20-15(2)25-21-18/h5-8,17H,3-4,9-13H2,1-2H3. The zero-order chi connectivity index (χ0) is 17.6. The van der Waals surface area contributed by atoms with Gasteiger partial charge in [0, 0.05) is 26.4 Å². The first-order valence-electron chi connectivity index (χ1n) is 8.84. The van der Waals surface area contributed by atoms with Crippen molar-refractivity contribution in [1.29, 1.82) is 0 Å². The SMILES string of the molecule is Cc1ccc(CC(=O)N2CCCC(OCCc3noc(C)n3)C2)cc1. The summed E-state index contributed by atoms with van der Waals surface area (Å²) in [6.07, 6.45) is 3.13. The van der Waals surface area contributed by atoms with E-state index in [-0.39, 0.29) is 12.0 Å². The molecule has 6 nitrogen and oxygen atoms in total. The van der Waals surface area contributed by atoms with Crippen molar-refractivity contribution in [3.63, 3.8) is 0 Å². The van der Waals surface area contributed by atoms with Crippen molar-refractivity contribution in [2.24, 2.45) is 0 Å². The van der Waals surface area contributed by atoms with E-state index in [0.29, 0.717) is 37.7 Å². The van der Waals surface area contributed by atoms with Crippen LogP contribution in [0.3, 0.4) is 0 Å². The number of hydrogen-bond donors (Lipinski definition) is 0. The number of aromatic nitrogens is 2. The van der Waals surface area contributed by atoms with Crippen LogP contribution >= 0.6 is 0 Å². The average Bonchev–Trinajstić information content (AvgIpc) is 3.02. The van der Waals surface area contributed by atoms with Crippen molar-refractivity contribution < 1.29 is 14.1 Å². The molecular weight excluding hydrogens is 318 g/mol. The van der Waals surface area contributed by atoms with Crippen LogP contribution in [-0.4, -0.2) is 46.7 Å². The maximum absolute atomic E-state index is 12.5. The summed E-state index contributed by atoms with van der Waals surface area (Å²) in [5.74, 6) is 1.41. The van der Waals surface area contributed by atoms with Crippen molar-refractivity contribution in [2.75, 3.05) is 19.7 Å². The Morgan fingerprint density at radius 1 is 1.32 bits per heavy atom. The lowest BCUT2D eigenvalue weighted by Gasteiger charge is -2.32. The summed E-state index contributed by atoms with van der Waals surface area (Å²) >= 11 is 0. The van der Waals surface area contributed by atoms with Gasteiger partial charge in [-0.05, 0) is 25.3 Å². The van der Waals surface area contributed by atoms with Crippen LogP contribution < -0.4 is 0 Å². The number of nitrogens with zero attached hydrogens (tertiary/aromatic N) is 3. The first kappa shape index (κ1) is 17.6. The number of amides is 1. The molecule has 1 aromatic heterocycles.